The van der Waals surface area contributed by atoms with Crippen molar-refractivity contribution in [1.29, 1.82) is 5.26 Å². The van der Waals surface area contributed by atoms with Crippen LogP contribution in [-0.2, 0) is 22.3 Å². The van der Waals surface area contributed by atoms with E-state index >= 15 is 0 Å². The molecule has 57 heavy (non-hydrogen) atoms. The fourth-order valence-electron chi connectivity index (χ4n) is 9.14. The molecule has 4 aliphatic heterocycles. The summed E-state index contributed by atoms with van der Waals surface area (Å²) in [4.78, 5) is 45.9. The average Bonchev–Trinajstić information content (AvgIpc) is 3.53. The van der Waals surface area contributed by atoms with E-state index < -0.39 is 23.7 Å². The molecular formula is C43H47F3N6O5. The average molecular weight is 785 g/mol. The number of fused-ring (bicyclic) bond motifs is 1. The first-order valence-electron chi connectivity index (χ1n) is 19.9. The molecule has 3 aromatic rings. The minimum Gasteiger partial charge on any atom is -0.496 e. The Balaban J connectivity index is 0.755. The predicted molar refractivity (Wildman–Crippen MR) is 206 cm³/mol. The molecule has 5 aliphatic rings. The highest BCUT2D eigenvalue weighted by Gasteiger charge is 2.41. The van der Waals surface area contributed by atoms with Crippen molar-refractivity contribution in [3.63, 3.8) is 0 Å². The van der Waals surface area contributed by atoms with Crippen LogP contribution in [0.1, 0.15) is 83.5 Å². The highest BCUT2D eigenvalue weighted by atomic mass is 19.4. The lowest BCUT2D eigenvalue weighted by Gasteiger charge is -2.39. The predicted octanol–water partition coefficient (Wildman–Crippen LogP) is 6.10. The molecule has 4 heterocycles. The standard InChI is InChI=1S/C43H47F3N6O5/c1-56-38-24-33(22-31-26-52(42(55)40(31)38)37-8-9-39(53)48-41(37)54)51-18-16-49(17-19-51)13-10-27-20-35(21-27)57-34-6-3-28(4-7-34)29-11-14-50(15-12-29)32-5-2-30(25-47)36(23-32)43(44,45)46/h2-7,22-24,27,29,35,37H,8-21,26H2,1H3,(H,48,53,54). The van der Waals surface area contributed by atoms with Crippen LogP contribution in [0.2, 0.25) is 0 Å². The van der Waals surface area contributed by atoms with Crippen LogP contribution in [0.5, 0.6) is 11.5 Å². The summed E-state index contributed by atoms with van der Waals surface area (Å²) in [6, 6.07) is 17.2. The van der Waals surface area contributed by atoms with Gasteiger partial charge in [-0.3, -0.25) is 24.6 Å². The van der Waals surface area contributed by atoms with Crippen LogP contribution in [0.15, 0.2) is 54.6 Å². The quantitative estimate of drug-likeness (QED) is 0.244. The van der Waals surface area contributed by atoms with Crippen LogP contribution in [0.4, 0.5) is 24.5 Å². The zero-order valence-corrected chi connectivity index (χ0v) is 32.0. The molecule has 1 atom stereocenters. The molecule has 11 nitrogen and oxygen atoms in total. The summed E-state index contributed by atoms with van der Waals surface area (Å²) in [7, 11) is 1.56. The Hall–Kier alpha value is -5.29. The van der Waals surface area contributed by atoms with Crippen LogP contribution >= 0.6 is 0 Å². The summed E-state index contributed by atoms with van der Waals surface area (Å²) in [6.07, 6.45) is 1.05. The molecule has 0 radical (unpaired) electrons. The Morgan fingerprint density at radius 3 is 2.26 bits per heavy atom. The number of nitrogens with zero attached hydrogens (tertiary/aromatic N) is 5. The van der Waals surface area contributed by atoms with Crippen molar-refractivity contribution >= 4 is 29.1 Å². The third-order valence-corrected chi connectivity index (χ3v) is 12.5. The van der Waals surface area contributed by atoms with Crippen molar-refractivity contribution in [3.8, 4) is 17.6 Å². The van der Waals surface area contributed by atoms with Gasteiger partial charge < -0.3 is 24.2 Å². The lowest BCUT2D eigenvalue weighted by Crippen LogP contribution is -2.52. The smallest absolute Gasteiger partial charge is 0.417 e. The highest BCUT2D eigenvalue weighted by Crippen LogP contribution is 2.40. The fraction of sp³-hybridized carbons (Fsp3) is 0.488. The number of hydrogen-bond acceptors (Lipinski definition) is 9. The van der Waals surface area contributed by atoms with Gasteiger partial charge in [-0.15, -0.1) is 0 Å². The number of nitrogens with one attached hydrogen (secondary N) is 1. The van der Waals surface area contributed by atoms with E-state index in [1.54, 1.807) is 24.1 Å². The van der Waals surface area contributed by atoms with Gasteiger partial charge in [0.2, 0.25) is 11.8 Å². The third-order valence-electron chi connectivity index (χ3n) is 12.5. The summed E-state index contributed by atoms with van der Waals surface area (Å²) in [5, 5.41) is 11.5. The van der Waals surface area contributed by atoms with E-state index in [9.17, 15) is 27.6 Å². The molecule has 3 amide bonds. The number of amides is 3. The Bertz CT molecular complexity index is 2050. The van der Waals surface area contributed by atoms with Crippen molar-refractivity contribution in [2.75, 3.05) is 62.7 Å². The monoisotopic (exact) mass is 784 g/mol. The van der Waals surface area contributed by atoms with Crippen LogP contribution in [0.3, 0.4) is 0 Å². The van der Waals surface area contributed by atoms with Gasteiger partial charge in [0, 0.05) is 69.7 Å². The normalized spacial score (nSPS) is 23.2. The molecule has 8 rings (SSSR count). The Labute approximate surface area is 330 Å². The van der Waals surface area contributed by atoms with Crippen LogP contribution in [0, 0.1) is 17.2 Å². The molecule has 0 aromatic heterocycles. The first-order valence-corrected chi connectivity index (χ1v) is 19.9. The largest absolute Gasteiger partial charge is 0.496 e. The molecule has 1 aliphatic carbocycles. The maximum atomic E-state index is 13.5. The molecular weight excluding hydrogens is 738 g/mol. The van der Waals surface area contributed by atoms with Gasteiger partial charge in [-0.25, -0.2) is 0 Å². The Morgan fingerprint density at radius 1 is 0.877 bits per heavy atom. The van der Waals surface area contributed by atoms with E-state index in [4.69, 9.17) is 14.7 Å². The number of hydrogen-bond donors (Lipinski definition) is 1. The Kier molecular flexibility index (Phi) is 10.8. The van der Waals surface area contributed by atoms with E-state index in [1.807, 2.05) is 29.2 Å². The van der Waals surface area contributed by atoms with Crippen LogP contribution < -0.4 is 24.6 Å². The van der Waals surface area contributed by atoms with Gasteiger partial charge >= 0.3 is 6.18 Å². The molecule has 4 fully saturated rings. The molecule has 1 saturated carbocycles. The lowest BCUT2D eigenvalue weighted by molar-refractivity contribution is -0.138. The van der Waals surface area contributed by atoms with Crippen molar-refractivity contribution in [2.45, 2.75) is 75.7 Å². The summed E-state index contributed by atoms with van der Waals surface area (Å²) in [5.74, 6) is 1.36. The summed E-state index contributed by atoms with van der Waals surface area (Å²) in [5.41, 5.74) is 2.82. The highest BCUT2D eigenvalue weighted by molar-refractivity contribution is 6.06. The van der Waals surface area contributed by atoms with Gasteiger partial charge in [0.05, 0.1) is 36.0 Å². The number of halogens is 3. The van der Waals surface area contributed by atoms with Gasteiger partial charge in [-0.1, -0.05) is 12.1 Å². The number of carbonyl (C=O) groups is 3. The number of benzene rings is 3. The SMILES string of the molecule is COc1cc(N2CCN(CCC3CC(Oc4ccc(C5CCN(c6ccc(C#N)c(C(F)(F)F)c6)CC5)cc4)C3)CC2)cc2c1C(=O)N(C1CCC(=O)NC1=O)C2. The topological polar surface area (TPSA) is 118 Å². The number of piperazine rings is 1. The maximum Gasteiger partial charge on any atom is 0.417 e. The minimum atomic E-state index is -4.57. The van der Waals surface area contributed by atoms with Crippen LogP contribution in [-0.4, -0.2) is 92.6 Å². The number of imide groups is 1. The molecule has 0 bridgehead atoms. The van der Waals surface area contributed by atoms with Crippen molar-refractivity contribution in [2.24, 2.45) is 5.92 Å². The minimum absolute atomic E-state index is 0.211. The van der Waals surface area contributed by atoms with Crippen LogP contribution in [0.25, 0.3) is 0 Å². The second kappa shape index (κ2) is 15.9. The number of ether oxygens (including phenoxy) is 2. The number of anilines is 2. The second-order valence-electron chi connectivity index (χ2n) is 15.9. The van der Waals surface area contributed by atoms with E-state index in [2.05, 4.69) is 27.2 Å². The Morgan fingerprint density at radius 2 is 1.60 bits per heavy atom. The lowest BCUT2D eigenvalue weighted by atomic mass is 9.80. The summed E-state index contributed by atoms with van der Waals surface area (Å²) >= 11 is 0. The van der Waals surface area contributed by atoms with E-state index in [0.717, 1.165) is 87.9 Å². The molecule has 300 valence electrons. The summed E-state index contributed by atoms with van der Waals surface area (Å²) < 4.78 is 52.4. The molecule has 0 spiro atoms. The summed E-state index contributed by atoms with van der Waals surface area (Å²) in [6.45, 7) is 6.24. The van der Waals surface area contributed by atoms with Crippen molar-refractivity contribution < 1.29 is 37.0 Å². The number of piperidine rings is 2. The molecule has 14 heteroatoms. The zero-order chi connectivity index (χ0) is 39.8. The zero-order valence-electron chi connectivity index (χ0n) is 32.0. The number of nitriles is 1. The van der Waals surface area contributed by atoms with Gasteiger partial charge in [-0.05, 0) is 104 Å². The molecule has 3 aromatic carbocycles. The number of carbonyl (C=O) groups excluding carboxylic acids is 3. The van der Waals surface area contributed by atoms with Gasteiger partial charge in [0.25, 0.3) is 5.91 Å². The van der Waals surface area contributed by atoms with Gasteiger partial charge in [-0.2, -0.15) is 18.4 Å². The third kappa shape index (κ3) is 8.12. The van der Waals surface area contributed by atoms with E-state index in [-0.39, 0.29) is 29.9 Å². The van der Waals surface area contributed by atoms with Gasteiger partial charge in [0.15, 0.2) is 0 Å². The number of methoxy groups -OCH3 is 1. The van der Waals surface area contributed by atoms with Crippen molar-refractivity contribution in [1.82, 2.24) is 15.1 Å². The van der Waals surface area contributed by atoms with E-state index in [0.29, 0.717) is 54.9 Å². The van der Waals surface area contributed by atoms with Gasteiger partial charge in [0.1, 0.15) is 17.5 Å². The maximum absolute atomic E-state index is 13.5. The molecule has 3 saturated heterocycles. The molecule has 1 unspecified atom stereocenters. The van der Waals surface area contributed by atoms with E-state index in [1.165, 1.54) is 11.6 Å². The number of alkyl halides is 3. The second-order valence-corrected chi connectivity index (χ2v) is 15.9. The fourth-order valence-corrected chi connectivity index (χ4v) is 9.14. The van der Waals surface area contributed by atoms with Crippen molar-refractivity contribution in [3.05, 3.63) is 82.4 Å². The number of rotatable bonds is 10. The first kappa shape index (κ1) is 38.6. The molecule has 1 N–H and O–H groups in total. The first-order chi connectivity index (χ1) is 27.5.